The van der Waals surface area contributed by atoms with Crippen molar-refractivity contribution in [2.24, 2.45) is 0 Å². The van der Waals surface area contributed by atoms with Gasteiger partial charge >= 0.3 is 0 Å². The molecule has 0 spiro atoms. The van der Waals surface area contributed by atoms with E-state index in [1.54, 1.807) is 49.2 Å². The van der Waals surface area contributed by atoms with Crippen LogP contribution in [-0.2, 0) is 9.59 Å². The first-order chi connectivity index (χ1) is 16.2. The SMILES string of the molecule is COc1ccc(N(CC(=O)NCCCSc2ccccc2)C(=O)/C=C/c2ccccc2)cc1. The number of anilines is 1. The summed E-state index contributed by atoms with van der Waals surface area (Å²) in [6.45, 7) is 0.499. The zero-order valence-electron chi connectivity index (χ0n) is 18.6. The van der Waals surface area contributed by atoms with Gasteiger partial charge in [-0.25, -0.2) is 0 Å². The molecular formula is C27H28N2O3S. The molecule has 0 saturated carbocycles. The summed E-state index contributed by atoms with van der Waals surface area (Å²) in [6.07, 6.45) is 4.08. The van der Waals surface area contributed by atoms with Crippen molar-refractivity contribution in [3.05, 3.63) is 96.6 Å². The van der Waals surface area contributed by atoms with E-state index in [4.69, 9.17) is 4.74 Å². The lowest BCUT2D eigenvalue weighted by Gasteiger charge is -2.21. The molecule has 0 aromatic heterocycles. The molecule has 0 saturated heterocycles. The minimum Gasteiger partial charge on any atom is -0.497 e. The average molecular weight is 461 g/mol. The Bertz CT molecular complexity index is 1040. The van der Waals surface area contributed by atoms with Crippen molar-refractivity contribution >= 4 is 35.3 Å². The number of thioether (sulfide) groups is 1. The Morgan fingerprint density at radius 1 is 0.939 bits per heavy atom. The van der Waals surface area contributed by atoms with Gasteiger partial charge in [0.1, 0.15) is 12.3 Å². The molecular weight excluding hydrogens is 432 g/mol. The summed E-state index contributed by atoms with van der Waals surface area (Å²) in [5, 5.41) is 2.93. The summed E-state index contributed by atoms with van der Waals surface area (Å²) in [5.74, 6) is 1.13. The fraction of sp³-hybridized carbons (Fsp3) is 0.185. The molecule has 33 heavy (non-hydrogen) atoms. The van der Waals surface area contributed by atoms with Crippen LogP contribution >= 0.6 is 11.8 Å². The lowest BCUT2D eigenvalue weighted by atomic mass is 10.2. The number of hydrogen-bond acceptors (Lipinski definition) is 4. The van der Waals surface area contributed by atoms with Crippen LogP contribution in [0.1, 0.15) is 12.0 Å². The molecule has 3 rings (SSSR count). The molecule has 3 aromatic rings. The Morgan fingerprint density at radius 3 is 2.27 bits per heavy atom. The summed E-state index contributed by atoms with van der Waals surface area (Å²) in [7, 11) is 1.59. The highest BCUT2D eigenvalue weighted by Gasteiger charge is 2.17. The highest BCUT2D eigenvalue weighted by Crippen LogP contribution is 2.20. The van der Waals surface area contributed by atoms with Crippen molar-refractivity contribution in [1.82, 2.24) is 5.32 Å². The van der Waals surface area contributed by atoms with Crippen LogP contribution in [0.5, 0.6) is 5.75 Å². The number of ether oxygens (including phenoxy) is 1. The normalized spacial score (nSPS) is 10.7. The zero-order valence-corrected chi connectivity index (χ0v) is 19.5. The third-order valence-corrected chi connectivity index (χ3v) is 5.92. The van der Waals surface area contributed by atoms with Gasteiger partial charge in [0.05, 0.1) is 7.11 Å². The van der Waals surface area contributed by atoms with Gasteiger partial charge in [-0.15, -0.1) is 11.8 Å². The molecule has 0 fully saturated rings. The summed E-state index contributed by atoms with van der Waals surface area (Å²) >= 11 is 1.76. The van der Waals surface area contributed by atoms with Crippen LogP contribution in [-0.4, -0.2) is 37.8 Å². The van der Waals surface area contributed by atoms with Gasteiger partial charge in [0.2, 0.25) is 5.91 Å². The largest absolute Gasteiger partial charge is 0.497 e. The molecule has 2 amide bonds. The number of hydrogen-bond donors (Lipinski definition) is 1. The molecule has 0 heterocycles. The fourth-order valence-electron chi connectivity index (χ4n) is 3.09. The Kier molecular flexibility index (Phi) is 9.61. The van der Waals surface area contributed by atoms with E-state index in [1.165, 1.54) is 15.9 Å². The summed E-state index contributed by atoms with van der Waals surface area (Å²) in [4.78, 5) is 28.2. The molecule has 3 aromatic carbocycles. The monoisotopic (exact) mass is 460 g/mol. The van der Waals surface area contributed by atoms with Gasteiger partial charge in [-0.3, -0.25) is 14.5 Å². The lowest BCUT2D eigenvalue weighted by Crippen LogP contribution is -2.40. The summed E-state index contributed by atoms with van der Waals surface area (Å²) < 4.78 is 5.21. The van der Waals surface area contributed by atoms with E-state index < -0.39 is 0 Å². The number of nitrogens with zero attached hydrogens (tertiary/aromatic N) is 1. The highest BCUT2D eigenvalue weighted by atomic mass is 32.2. The van der Waals surface area contributed by atoms with E-state index in [0.29, 0.717) is 18.0 Å². The van der Waals surface area contributed by atoms with Gasteiger partial charge < -0.3 is 10.1 Å². The third kappa shape index (κ3) is 8.16. The summed E-state index contributed by atoms with van der Waals surface area (Å²) in [5.41, 5.74) is 1.55. The minimum atomic E-state index is -0.265. The Hall–Kier alpha value is -3.51. The molecule has 1 N–H and O–H groups in total. The maximum absolute atomic E-state index is 13.0. The lowest BCUT2D eigenvalue weighted by molar-refractivity contribution is -0.122. The van der Waals surface area contributed by atoms with Crippen molar-refractivity contribution in [1.29, 1.82) is 0 Å². The molecule has 0 unspecified atom stereocenters. The van der Waals surface area contributed by atoms with Gasteiger partial charge in [0, 0.05) is 23.2 Å². The number of amides is 2. The Balaban J connectivity index is 1.57. The van der Waals surface area contributed by atoms with Gasteiger partial charge in [0.25, 0.3) is 5.91 Å². The second-order valence-corrected chi connectivity index (χ2v) is 8.40. The van der Waals surface area contributed by atoms with E-state index in [2.05, 4.69) is 17.4 Å². The summed E-state index contributed by atoms with van der Waals surface area (Å²) in [6, 6.07) is 26.9. The number of rotatable bonds is 11. The molecule has 0 aliphatic heterocycles. The first-order valence-electron chi connectivity index (χ1n) is 10.8. The maximum atomic E-state index is 13.0. The Labute approximate surface area is 199 Å². The first-order valence-corrected chi connectivity index (χ1v) is 11.8. The second kappa shape index (κ2) is 13.1. The van der Waals surface area contributed by atoms with E-state index in [0.717, 1.165) is 17.7 Å². The van der Waals surface area contributed by atoms with Crippen LogP contribution in [0.2, 0.25) is 0 Å². The fourth-order valence-corrected chi connectivity index (χ4v) is 3.96. The average Bonchev–Trinajstić information content (AvgIpc) is 2.87. The van der Waals surface area contributed by atoms with Crippen LogP contribution < -0.4 is 15.0 Å². The number of benzene rings is 3. The van der Waals surface area contributed by atoms with Crippen LogP contribution in [0, 0.1) is 0 Å². The predicted octanol–water partition coefficient (Wildman–Crippen LogP) is 5.04. The van der Waals surface area contributed by atoms with Crippen LogP contribution in [0.25, 0.3) is 6.08 Å². The topological polar surface area (TPSA) is 58.6 Å². The molecule has 0 radical (unpaired) electrons. The quantitative estimate of drug-likeness (QED) is 0.247. The van der Waals surface area contributed by atoms with Gasteiger partial charge in [-0.2, -0.15) is 0 Å². The van der Waals surface area contributed by atoms with Gasteiger partial charge in [-0.05, 0) is 60.2 Å². The standard InChI is InChI=1S/C27H28N2O3S/c1-32-24-16-14-23(15-17-24)29(27(31)18-13-22-9-4-2-5-10-22)21-26(30)28-19-8-20-33-25-11-6-3-7-12-25/h2-7,9-18H,8,19-21H2,1H3,(H,28,30)/b18-13+. The number of methoxy groups -OCH3 is 1. The van der Waals surface area contributed by atoms with Crippen LogP contribution in [0.15, 0.2) is 95.9 Å². The molecule has 0 bridgehead atoms. The molecule has 0 aliphatic rings. The molecule has 5 nitrogen and oxygen atoms in total. The highest BCUT2D eigenvalue weighted by molar-refractivity contribution is 7.99. The molecule has 6 heteroatoms. The maximum Gasteiger partial charge on any atom is 0.251 e. The number of carbonyl (C=O) groups is 2. The third-order valence-electron chi connectivity index (χ3n) is 4.82. The zero-order chi connectivity index (χ0) is 23.3. The van der Waals surface area contributed by atoms with E-state index >= 15 is 0 Å². The van der Waals surface area contributed by atoms with Crippen molar-refractivity contribution in [3.8, 4) is 5.75 Å². The molecule has 0 aliphatic carbocycles. The second-order valence-electron chi connectivity index (χ2n) is 7.23. The van der Waals surface area contributed by atoms with Crippen molar-refractivity contribution < 1.29 is 14.3 Å². The van der Waals surface area contributed by atoms with E-state index in [9.17, 15) is 9.59 Å². The number of nitrogens with one attached hydrogen (secondary N) is 1. The smallest absolute Gasteiger partial charge is 0.251 e. The molecule has 0 atom stereocenters. The van der Waals surface area contributed by atoms with Crippen LogP contribution in [0.4, 0.5) is 5.69 Å². The Morgan fingerprint density at radius 2 is 1.61 bits per heavy atom. The van der Waals surface area contributed by atoms with Gasteiger partial charge in [-0.1, -0.05) is 48.5 Å². The van der Waals surface area contributed by atoms with E-state index in [1.807, 2.05) is 48.5 Å². The van der Waals surface area contributed by atoms with Crippen molar-refractivity contribution in [3.63, 3.8) is 0 Å². The minimum absolute atomic E-state index is 0.0594. The first kappa shape index (κ1) is 24.1. The van der Waals surface area contributed by atoms with Gasteiger partial charge in [0.15, 0.2) is 0 Å². The van der Waals surface area contributed by atoms with Crippen LogP contribution in [0.3, 0.4) is 0 Å². The van der Waals surface area contributed by atoms with Crippen molar-refractivity contribution in [2.75, 3.05) is 30.9 Å². The predicted molar refractivity (Wildman–Crippen MR) is 136 cm³/mol. The molecule has 170 valence electrons. The number of carbonyl (C=O) groups excluding carboxylic acids is 2. The van der Waals surface area contributed by atoms with Crippen molar-refractivity contribution in [2.45, 2.75) is 11.3 Å². The van der Waals surface area contributed by atoms with E-state index in [-0.39, 0.29) is 18.4 Å².